The van der Waals surface area contributed by atoms with Crippen molar-refractivity contribution in [3.05, 3.63) is 60.0 Å². The van der Waals surface area contributed by atoms with Crippen LogP contribution in [0, 0.1) is 0 Å². The number of hydrogen-bond donors (Lipinski definition) is 3. The average molecular weight is 306 g/mol. The minimum atomic E-state index is -0.220. The van der Waals surface area contributed by atoms with Crippen LogP contribution in [0.3, 0.4) is 0 Å². The fourth-order valence-corrected chi connectivity index (χ4v) is 2.69. The van der Waals surface area contributed by atoms with Crippen molar-refractivity contribution in [3.63, 3.8) is 0 Å². The molecule has 0 saturated heterocycles. The molecule has 2 heterocycles. The second kappa shape index (κ2) is 4.91. The Hall–Kier alpha value is -3.21. The minimum Gasteiger partial charge on any atom is -0.508 e. The van der Waals surface area contributed by atoms with Crippen LogP contribution < -0.4 is 5.32 Å². The third-order valence-corrected chi connectivity index (χ3v) is 3.88. The van der Waals surface area contributed by atoms with Gasteiger partial charge in [-0.25, -0.2) is 0 Å². The number of anilines is 1. The SMILES string of the molecule is CNc1ccc2oc(C(=O)c3cc4cc(O)ccc4[nH]3)cc2c1. The van der Waals surface area contributed by atoms with Gasteiger partial charge in [-0.3, -0.25) is 4.79 Å². The van der Waals surface area contributed by atoms with E-state index < -0.39 is 0 Å². The Balaban J connectivity index is 1.77. The molecular formula is C18H14N2O3. The highest BCUT2D eigenvalue weighted by Gasteiger charge is 2.17. The molecule has 0 amide bonds. The summed E-state index contributed by atoms with van der Waals surface area (Å²) in [6, 6.07) is 14.0. The van der Waals surface area contributed by atoms with E-state index in [0.29, 0.717) is 11.3 Å². The van der Waals surface area contributed by atoms with Crippen molar-refractivity contribution >= 4 is 33.3 Å². The molecule has 3 N–H and O–H groups in total. The van der Waals surface area contributed by atoms with E-state index in [0.717, 1.165) is 22.0 Å². The van der Waals surface area contributed by atoms with E-state index in [9.17, 15) is 9.90 Å². The Morgan fingerprint density at radius 3 is 2.78 bits per heavy atom. The van der Waals surface area contributed by atoms with Crippen molar-refractivity contribution in [2.24, 2.45) is 0 Å². The van der Waals surface area contributed by atoms with E-state index in [1.807, 2.05) is 25.2 Å². The number of aromatic nitrogens is 1. The topological polar surface area (TPSA) is 78.3 Å². The number of phenolic OH excluding ortho intramolecular Hbond substituents is 1. The van der Waals surface area contributed by atoms with E-state index >= 15 is 0 Å². The molecule has 4 rings (SSSR count). The minimum absolute atomic E-state index is 0.166. The molecule has 0 aliphatic rings. The van der Waals surface area contributed by atoms with E-state index in [-0.39, 0.29) is 17.3 Å². The van der Waals surface area contributed by atoms with Gasteiger partial charge in [-0.2, -0.15) is 0 Å². The zero-order valence-corrected chi connectivity index (χ0v) is 12.4. The number of furan rings is 1. The van der Waals surface area contributed by atoms with Gasteiger partial charge in [-0.15, -0.1) is 0 Å². The zero-order chi connectivity index (χ0) is 16.0. The predicted octanol–water partition coefficient (Wildman–Crippen LogP) is 3.89. The molecule has 0 atom stereocenters. The standard InChI is InChI=1S/C18H14N2O3/c1-19-12-2-5-16-11(6-12)9-17(23-16)18(22)15-8-10-7-13(21)3-4-14(10)20-15/h2-9,19-21H,1H3. The maximum atomic E-state index is 12.6. The van der Waals surface area contributed by atoms with Crippen molar-refractivity contribution < 1.29 is 14.3 Å². The van der Waals surface area contributed by atoms with Crippen LogP contribution in [0.4, 0.5) is 5.69 Å². The van der Waals surface area contributed by atoms with Crippen LogP contribution in [0.1, 0.15) is 16.2 Å². The highest BCUT2D eigenvalue weighted by molar-refractivity contribution is 6.10. The summed E-state index contributed by atoms with van der Waals surface area (Å²) in [6.07, 6.45) is 0. The molecule has 2 aromatic heterocycles. The van der Waals surface area contributed by atoms with Crippen LogP contribution in [0.25, 0.3) is 21.9 Å². The Kier molecular flexibility index (Phi) is 2.87. The molecule has 0 saturated carbocycles. The normalized spacial score (nSPS) is 11.2. The van der Waals surface area contributed by atoms with Crippen molar-refractivity contribution in [3.8, 4) is 5.75 Å². The van der Waals surface area contributed by atoms with Gasteiger partial charge in [0.15, 0.2) is 5.76 Å². The number of ketones is 1. The lowest BCUT2D eigenvalue weighted by Gasteiger charge is -1.96. The number of benzene rings is 2. The summed E-state index contributed by atoms with van der Waals surface area (Å²) in [4.78, 5) is 15.7. The number of phenols is 1. The van der Waals surface area contributed by atoms with Gasteiger partial charge in [0, 0.05) is 29.0 Å². The first-order valence-electron chi connectivity index (χ1n) is 7.22. The molecule has 5 nitrogen and oxygen atoms in total. The van der Waals surface area contributed by atoms with E-state index in [1.165, 1.54) is 0 Å². The average Bonchev–Trinajstić information content (AvgIpc) is 3.16. The largest absolute Gasteiger partial charge is 0.508 e. The first-order valence-corrected chi connectivity index (χ1v) is 7.22. The van der Waals surface area contributed by atoms with Gasteiger partial charge in [0.25, 0.3) is 0 Å². The first kappa shape index (κ1) is 13.5. The van der Waals surface area contributed by atoms with Crippen LogP contribution >= 0.6 is 0 Å². The monoisotopic (exact) mass is 306 g/mol. The summed E-state index contributed by atoms with van der Waals surface area (Å²) < 4.78 is 5.66. The summed E-state index contributed by atoms with van der Waals surface area (Å²) in [7, 11) is 1.84. The maximum Gasteiger partial charge on any atom is 0.244 e. The maximum absolute atomic E-state index is 12.6. The molecule has 2 aromatic carbocycles. The predicted molar refractivity (Wildman–Crippen MR) is 89.2 cm³/mol. The lowest BCUT2D eigenvalue weighted by Crippen LogP contribution is -1.99. The van der Waals surface area contributed by atoms with Crippen LogP contribution in [0.2, 0.25) is 0 Å². The number of nitrogens with one attached hydrogen (secondary N) is 2. The van der Waals surface area contributed by atoms with Crippen LogP contribution in [-0.2, 0) is 0 Å². The summed E-state index contributed by atoms with van der Waals surface area (Å²) in [5.41, 5.74) is 2.85. The highest BCUT2D eigenvalue weighted by Crippen LogP contribution is 2.26. The molecular weight excluding hydrogens is 292 g/mol. The fourth-order valence-electron chi connectivity index (χ4n) is 2.69. The number of carbonyl (C=O) groups excluding carboxylic acids is 1. The Morgan fingerprint density at radius 2 is 1.96 bits per heavy atom. The molecule has 114 valence electrons. The molecule has 0 fully saturated rings. The number of rotatable bonds is 3. The lowest BCUT2D eigenvalue weighted by atomic mass is 10.2. The molecule has 0 radical (unpaired) electrons. The van der Waals surface area contributed by atoms with Gasteiger partial charge in [-0.1, -0.05) is 0 Å². The van der Waals surface area contributed by atoms with Crippen LogP contribution in [0.5, 0.6) is 5.75 Å². The third-order valence-electron chi connectivity index (χ3n) is 3.88. The summed E-state index contributed by atoms with van der Waals surface area (Å²) >= 11 is 0. The molecule has 23 heavy (non-hydrogen) atoms. The summed E-state index contributed by atoms with van der Waals surface area (Å²) in [5.74, 6) is 0.228. The van der Waals surface area contributed by atoms with Crippen molar-refractivity contribution in [2.75, 3.05) is 12.4 Å². The Morgan fingerprint density at radius 1 is 1.09 bits per heavy atom. The molecule has 0 unspecified atom stereocenters. The van der Waals surface area contributed by atoms with Crippen molar-refractivity contribution in [1.29, 1.82) is 0 Å². The van der Waals surface area contributed by atoms with Crippen molar-refractivity contribution in [1.82, 2.24) is 4.98 Å². The quantitative estimate of drug-likeness (QED) is 0.502. The van der Waals surface area contributed by atoms with Gasteiger partial charge >= 0.3 is 0 Å². The molecule has 0 bridgehead atoms. The van der Waals surface area contributed by atoms with Gasteiger partial charge < -0.3 is 19.8 Å². The van der Waals surface area contributed by atoms with E-state index in [2.05, 4.69) is 10.3 Å². The molecule has 0 aliphatic heterocycles. The number of aromatic amines is 1. The smallest absolute Gasteiger partial charge is 0.244 e. The zero-order valence-electron chi connectivity index (χ0n) is 12.4. The highest BCUT2D eigenvalue weighted by atomic mass is 16.3. The first-order chi connectivity index (χ1) is 11.1. The summed E-state index contributed by atoms with van der Waals surface area (Å²) in [6.45, 7) is 0. The van der Waals surface area contributed by atoms with E-state index in [4.69, 9.17) is 4.42 Å². The van der Waals surface area contributed by atoms with Gasteiger partial charge in [0.05, 0.1) is 5.69 Å². The van der Waals surface area contributed by atoms with Crippen molar-refractivity contribution in [2.45, 2.75) is 0 Å². The lowest BCUT2D eigenvalue weighted by molar-refractivity contribution is 0.101. The summed E-state index contributed by atoms with van der Waals surface area (Å²) in [5, 5.41) is 14.2. The number of hydrogen-bond acceptors (Lipinski definition) is 4. The number of fused-ring (bicyclic) bond motifs is 2. The number of carbonyl (C=O) groups is 1. The molecule has 4 aromatic rings. The fraction of sp³-hybridized carbons (Fsp3) is 0.0556. The van der Waals surface area contributed by atoms with Crippen LogP contribution in [-0.4, -0.2) is 22.9 Å². The van der Waals surface area contributed by atoms with Gasteiger partial charge in [0.1, 0.15) is 11.3 Å². The number of aromatic hydroxyl groups is 1. The molecule has 5 heteroatoms. The molecule has 0 spiro atoms. The van der Waals surface area contributed by atoms with E-state index in [1.54, 1.807) is 30.3 Å². The second-order valence-electron chi connectivity index (χ2n) is 5.40. The van der Waals surface area contributed by atoms with Crippen LogP contribution in [0.15, 0.2) is 52.9 Å². The number of H-pyrrole nitrogens is 1. The Labute approximate surface area is 131 Å². The Bertz CT molecular complexity index is 1040. The third kappa shape index (κ3) is 2.23. The molecule has 0 aliphatic carbocycles. The van der Waals surface area contributed by atoms with Gasteiger partial charge in [0.2, 0.25) is 5.78 Å². The van der Waals surface area contributed by atoms with Gasteiger partial charge in [-0.05, 0) is 48.5 Å². The second-order valence-corrected chi connectivity index (χ2v) is 5.40.